The van der Waals surface area contributed by atoms with E-state index >= 15 is 0 Å². The molecular formula is C27H29N5O7S. The third-order valence-corrected chi connectivity index (χ3v) is 8.10. The van der Waals surface area contributed by atoms with Gasteiger partial charge in [0.2, 0.25) is 0 Å². The fourth-order valence-electron chi connectivity index (χ4n) is 5.44. The zero-order valence-corrected chi connectivity index (χ0v) is 23.0. The molecule has 2 aliphatic rings. The van der Waals surface area contributed by atoms with E-state index in [1.165, 1.54) is 11.3 Å². The van der Waals surface area contributed by atoms with Gasteiger partial charge in [0.1, 0.15) is 18.1 Å². The van der Waals surface area contributed by atoms with Crippen molar-refractivity contribution < 1.29 is 34.3 Å². The normalized spacial score (nSPS) is 18.4. The van der Waals surface area contributed by atoms with Crippen LogP contribution in [0.4, 0.5) is 0 Å². The molecule has 12 nitrogen and oxygen atoms in total. The van der Waals surface area contributed by atoms with Crippen molar-refractivity contribution in [3.63, 3.8) is 0 Å². The van der Waals surface area contributed by atoms with Crippen LogP contribution >= 0.6 is 11.3 Å². The van der Waals surface area contributed by atoms with Crippen LogP contribution in [0.1, 0.15) is 35.8 Å². The highest BCUT2D eigenvalue weighted by Crippen LogP contribution is 2.46. The summed E-state index contributed by atoms with van der Waals surface area (Å²) in [4.78, 5) is 15.7. The van der Waals surface area contributed by atoms with Gasteiger partial charge in [0.15, 0.2) is 5.69 Å². The molecule has 0 spiro atoms. The van der Waals surface area contributed by atoms with Gasteiger partial charge in [-0.05, 0) is 43.3 Å². The number of thiophene rings is 1. The van der Waals surface area contributed by atoms with Crippen molar-refractivity contribution in [1.29, 1.82) is 0 Å². The molecule has 0 aliphatic carbocycles. The second-order valence-corrected chi connectivity index (χ2v) is 11.0. The molecule has 1 unspecified atom stereocenters. The van der Waals surface area contributed by atoms with Crippen molar-refractivity contribution in [2.45, 2.75) is 38.1 Å². The van der Waals surface area contributed by atoms with Crippen molar-refractivity contribution in [3.8, 4) is 39.7 Å². The number of likely N-dealkylation sites (tertiary alicyclic amines) is 1. The maximum absolute atomic E-state index is 14.1. The Kier molecular flexibility index (Phi) is 6.43. The van der Waals surface area contributed by atoms with E-state index in [1.54, 1.807) is 28.3 Å². The molecule has 1 atom stereocenters. The van der Waals surface area contributed by atoms with Gasteiger partial charge in [0.05, 0.1) is 36.3 Å². The molecule has 3 N–H and O–H groups in total. The fraction of sp³-hybridized carbons (Fsp3) is 0.370. The van der Waals surface area contributed by atoms with Crippen LogP contribution in [0.15, 0.2) is 41.2 Å². The van der Waals surface area contributed by atoms with Gasteiger partial charge in [0, 0.05) is 47.9 Å². The van der Waals surface area contributed by atoms with Crippen molar-refractivity contribution in [3.05, 3.63) is 52.5 Å². The van der Waals surface area contributed by atoms with E-state index in [-0.39, 0.29) is 24.8 Å². The van der Waals surface area contributed by atoms with Crippen LogP contribution in [-0.2, 0) is 18.4 Å². The number of methoxy groups -OCH3 is 1. The van der Waals surface area contributed by atoms with E-state index in [9.17, 15) is 20.1 Å². The number of carbonyl (C=O) groups is 1. The van der Waals surface area contributed by atoms with E-state index in [1.807, 2.05) is 48.3 Å². The summed E-state index contributed by atoms with van der Waals surface area (Å²) in [6, 6.07) is 7.61. The molecule has 1 fully saturated rings. The van der Waals surface area contributed by atoms with Gasteiger partial charge in [-0.25, -0.2) is 4.68 Å². The molecule has 210 valence electrons. The molecule has 3 aromatic heterocycles. The summed E-state index contributed by atoms with van der Waals surface area (Å²) in [5.74, 6) is 0.877. The second-order valence-electron chi connectivity index (χ2n) is 10.2. The Morgan fingerprint density at radius 3 is 2.73 bits per heavy atom. The van der Waals surface area contributed by atoms with E-state index in [4.69, 9.17) is 19.3 Å². The molecule has 1 saturated heterocycles. The van der Waals surface area contributed by atoms with Gasteiger partial charge in [-0.2, -0.15) is 21.5 Å². The van der Waals surface area contributed by atoms with Crippen molar-refractivity contribution in [2.75, 3.05) is 20.3 Å². The Balaban J connectivity index is 1.48. The number of hydrogen-bond acceptors (Lipinski definition) is 10. The first-order valence-corrected chi connectivity index (χ1v) is 13.6. The predicted molar refractivity (Wildman–Crippen MR) is 144 cm³/mol. The lowest BCUT2D eigenvalue weighted by molar-refractivity contribution is -0.457. The number of amides is 1. The van der Waals surface area contributed by atoms with Crippen LogP contribution in [0, 0.1) is 0 Å². The van der Waals surface area contributed by atoms with E-state index in [0.717, 1.165) is 28.2 Å². The summed E-state index contributed by atoms with van der Waals surface area (Å²) in [6.07, 6.45) is -0.201. The molecule has 40 heavy (non-hydrogen) atoms. The monoisotopic (exact) mass is 567 g/mol. The predicted octanol–water partition coefficient (Wildman–Crippen LogP) is 2.50. The van der Waals surface area contributed by atoms with Gasteiger partial charge in [-0.15, -0.1) is 0 Å². The molecule has 1 aromatic carbocycles. The maximum atomic E-state index is 14.1. The number of aliphatic hydroxyl groups is 3. The third kappa shape index (κ3) is 4.55. The lowest BCUT2D eigenvalue weighted by atomic mass is 9.97. The molecule has 1 amide bonds. The summed E-state index contributed by atoms with van der Waals surface area (Å²) in [7, 11) is 3.44. The van der Waals surface area contributed by atoms with Crippen LogP contribution in [0.5, 0.6) is 11.5 Å². The van der Waals surface area contributed by atoms with Crippen LogP contribution in [0.25, 0.3) is 28.2 Å². The summed E-state index contributed by atoms with van der Waals surface area (Å²) >= 11 is 1.52. The summed E-state index contributed by atoms with van der Waals surface area (Å²) in [5.41, 5.74) is 3.78. The van der Waals surface area contributed by atoms with E-state index < -0.39 is 11.7 Å². The largest absolute Gasteiger partial charge is 0.496 e. The first kappa shape index (κ1) is 26.5. The lowest BCUT2D eigenvalue weighted by Gasteiger charge is -2.35. The molecule has 0 saturated carbocycles. The number of benzene rings is 1. The zero-order chi connectivity index (χ0) is 28.2. The Bertz CT molecular complexity index is 1570. The minimum atomic E-state index is -3.29. The smallest absolute Gasteiger partial charge is 0.405 e. The van der Waals surface area contributed by atoms with Gasteiger partial charge < -0.3 is 34.4 Å². The van der Waals surface area contributed by atoms with Crippen molar-refractivity contribution in [2.24, 2.45) is 7.05 Å². The number of nitrogens with zero attached hydrogens (tertiary/aromatic N) is 5. The number of aryl methyl sites for hydroxylation is 1. The minimum Gasteiger partial charge on any atom is -0.496 e. The molecule has 5 heterocycles. The molecular weight excluding hydrogens is 538 g/mol. The molecule has 6 rings (SSSR count). The Hall–Kier alpha value is -3.75. The highest BCUT2D eigenvalue weighted by Gasteiger charge is 2.44. The highest BCUT2D eigenvalue weighted by atomic mass is 32.1. The SMILES string of the molecule is COc1cc2c(cc1-c1ccn(C)n1)-c1c(c(C(=O)N3CCCC3(C)COC(O)(O)O)nn1-c1ccsc1)CO2. The standard InChI is InChI=1S/C27H29N5O7S/c1-26(15-39-27(34,35)36)7-4-8-31(26)25(33)23-19-13-38-22-12-21(37-3)17(20-5-9-30(2)28-20)11-18(22)24(19)32(29-23)16-6-10-40-14-16/h5-6,9-12,14,34-36H,4,7-8,13,15H2,1-3H3. The number of fused-ring (bicyclic) bond motifs is 3. The fourth-order valence-corrected chi connectivity index (χ4v) is 6.06. The quantitative estimate of drug-likeness (QED) is 0.287. The first-order valence-electron chi connectivity index (χ1n) is 12.7. The molecule has 4 aromatic rings. The zero-order valence-electron chi connectivity index (χ0n) is 22.2. The van der Waals surface area contributed by atoms with Gasteiger partial charge in [0.25, 0.3) is 5.91 Å². The topological polar surface area (TPSA) is 144 Å². The molecule has 0 radical (unpaired) electrons. The summed E-state index contributed by atoms with van der Waals surface area (Å²) in [5, 5.41) is 41.1. The number of ether oxygens (including phenoxy) is 3. The van der Waals surface area contributed by atoms with Gasteiger partial charge in [-0.1, -0.05) is 0 Å². The van der Waals surface area contributed by atoms with Gasteiger partial charge >= 0.3 is 6.16 Å². The van der Waals surface area contributed by atoms with Gasteiger partial charge in [-0.3, -0.25) is 9.48 Å². The lowest BCUT2D eigenvalue weighted by Crippen LogP contribution is -2.50. The Morgan fingerprint density at radius 1 is 1.23 bits per heavy atom. The highest BCUT2D eigenvalue weighted by molar-refractivity contribution is 7.08. The third-order valence-electron chi connectivity index (χ3n) is 7.43. The summed E-state index contributed by atoms with van der Waals surface area (Å²) < 4.78 is 20.2. The maximum Gasteiger partial charge on any atom is 0.405 e. The first-order chi connectivity index (χ1) is 19.1. The number of hydrogen-bond donors (Lipinski definition) is 3. The average molecular weight is 568 g/mol. The average Bonchev–Trinajstić information content (AvgIpc) is 3.72. The number of rotatable bonds is 7. The Morgan fingerprint density at radius 2 is 2.05 bits per heavy atom. The van der Waals surface area contributed by atoms with E-state index in [0.29, 0.717) is 36.4 Å². The van der Waals surface area contributed by atoms with Crippen LogP contribution in [-0.4, -0.2) is 77.6 Å². The van der Waals surface area contributed by atoms with Crippen LogP contribution in [0.2, 0.25) is 0 Å². The number of aromatic nitrogens is 4. The van der Waals surface area contributed by atoms with Crippen molar-refractivity contribution >= 4 is 17.2 Å². The summed E-state index contributed by atoms with van der Waals surface area (Å²) in [6.45, 7) is 2.05. The number of carbonyl (C=O) groups excluding carboxylic acids is 1. The van der Waals surface area contributed by atoms with Crippen LogP contribution in [0.3, 0.4) is 0 Å². The van der Waals surface area contributed by atoms with E-state index in [2.05, 4.69) is 5.10 Å². The molecule has 13 heteroatoms. The second kappa shape index (κ2) is 9.71. The van der Waals surface area contributed by atoms with Crippen molar-refractivity contribution in [1.82, 2.24) is 24.5 Å². The molecule has 0 bridgehead atoms. The van der Waals surface area contributed by atoms with Crippen LogP contribution < -0.4 is 9.47 Å². The molecule has 2 aliphatic heterocycles. The Labute approximate surface area is 233 Å². The minimum absolute atomic E-state index is 0.119.